The third-order valence-corrected chi connectivity index (χ3v) is 5.42. The molecule has 5 nitrogen and oxygen atoms in total. The summed E-state index contributed by atoms with van der Waals surface area (Å²) in [5.74, 6) is 0.885. The van der Waals surface area contributed by atoms with Crippen LogP contribution in [0.5, 0.6) is 0 Å². The van der Waals surface area contributed by atoms with E-state index in [0.717, 1.165) is 52.0 Å². The van der Waals surface area contributed by atoms with Gasteiger partial charge >= 0.3 is 0 Å². The molecule has 0 spiro atoms. The van der Waals surface area contributed by atoms with Crippen LogP contribution in [0.25, 0.3) is 0 Å². The molecule has 2 aliphatic heterocycles. The maximum absolute atomic E-state index is 12.5. The smallest absolute Gasteiger partial charge is 0.239 e. The third-order valence-electron chi connectivity index (χ3n) is 5.42. The standard InChI is InChI=1S/C16H27N3O2/c1-17-8-7-14(16(17)21)18-9-11-19(12-10-18)15(20)13-5-3-2-4-6-13/h13-14H,2-12H2,1H3. The quantitative estimate of drug-likeness (QED) is 0.761. The van der Waals surface area contributed by atoms with Gasteiger partial charge in [-0.15, -0.1) is 0 Å². The van der Waals surface area contributed by atoms with Gasteiger partial charge in [0.1, 0.15) is 0 Å². The number of likely N-dealkylation sites (N-methyl/N-ethyl adjacent to an activating group) is 1. The van der Waals surface area contributed by atoms with E-state index in [4.69, 9.17) is 0 Å². The average molecular weight is 293 g/mol. The number of hydrogen-bond acceptors (Lipinski definition) is 3. The van der Waals surface area contributed by atoms with Crippen LogP contribution in [-0.2, 0) is 9.59 Å². The van der Waals surface area contributed by atoms with Crippen molar-refractivity contribution in [1.82, 2.24) is 14.7 Å². The molecule has 1 aliphatic carbocycles. The van der Waals surface area contributed by atoms with Crippen molar-refractivity contribution >= 4 is 11.8 Å². The SMILES string of the molecule is CN1CCC(N2CCN(C(=O)C3CCCCC3)CC2)C1=O. The largest absolute Gasteiger partial charge is 0.344 e. The van der Waals surface area contributed by atoms with Gasteiger partial charge in [-0.1, -0.05) is 19.3 Å². The Balaban J connectivity index is 1.50. The lowest BCUT2D eigenvalue weighted by molar-refractivity contribution is -0.139. The minimum atomic E-state index is 0.0573. The Bertz CT molecular complexity index is 398. The van der Waals surface area contributed by atoms with E-state index in [9.17, 15) is 9.59 Å². The first kappa shape index (κ1) is 14.8. The molecule has 3 rings (SSSR count). The molecule has 5 heteroatoms. The lowest BCUT2D eigenvalue weighted by Gasteiger charge is -2.39. The van der Waals surface area contributed by atoms with Crippen molar-refractivity contribution < 1.29 is 9.59 Å². The molecule has 0 radical (unpaired) electrons. The van der Waals surface area contributed by atoms with E-state index < -0.39 is 0 Å². The van der Waals surface area contributed by atoms with Crippen molar-refractivity contribution in [3.05, 3.63) is 0 Å². The summed E-state index contributed by atoms with van der Waals surface area (Å²) in [5, 5.41) is 0. The molecule has 2 amide bonds. The van der Waals surface area contributed by atoms with Crippen LogP contribution in [0.3, 0.4) is 0 Å². The molecule has 0 N–H and O–H groups in total. The Morgan fingerprint density at radius 1 is 0.952 bits per heavy atom. The molecule has 0 bridgehead atoms. The molecule has 21 heavy (non-hydrogen) atoms. The summed E-state index contributed by atoms with van der Waals surface area (Å²) in [6.45, 7) is 4.15. The highest BCUT2D eigenvalue weighted by Crippen LogP contribution is 2.26. The topological polar surface area (TPSA) is 43.9 Å². The van der Waals surface area contributed by atoms with Gasteiger partial charge in [-0.3, -0.25) is 14.5 Å². The second kappa shape index (κ2) is 6.34. The zero-order valence-corrected chi connectivity index (χ0v) is 13.1. The number of nitrogens with zero attached hydrogens (tertiary/aromatic N) is 3. The van der Waals surface area contributed by atoms with Gasteiger partial charge in [0.25, 0.3) is 0 Å². The van der Waals surface area contributed by atoms with Crippen molar-refractivity contribution in [2.45, 2.75) is 44.6 Å². The number of amides is 2. The van der Waals surface area contributed by atoms with Crippen molar-refractivity contribution in [3.8, 4) is 0 Å². The van der Waals surface area contributed by atoms with Crippen molar-refractivity contribution in [1.29, 1.82) is 0 Å². The monoisotopic (exact) mass is 293 g/mol. The van der Waals surface area contributed by atoms with Crippen LogP contribution in [-0.4, -0.2) is 72.3 Å². The maximum atomic E-state index is 12.5. The minimum Gasteiger partial charge on any atom is -0.344 e. The Morgan fingerprint density at radius 3 is 2.19 bits per heavy atom. The Morgan fingerprint density at radius 2 is 1.62 bits per heavy atom. The molecule has 3 fully saturated rings. The normalized spacial score (nSPS) is 29.2. The highest BCUT2D eigenvalue weighted by atomic mass is 16.2. The van der Waals surface area contributed by atoms with E-state index in [2.05, 4.69) is 4.90 Å². The minimum absolute atomic E-state index is 0.0573. The first-order valence-electron chi connectivity index (χ1n) is 8.44. The van der Waals surface area contributed by atoms with Gasteiger partial charge in [0, 0.05) is 45.7 Å². The molecular weight excluding hydrogens is 266 g/mol. The average Bonchev–Trinajstić information content (AvgIpc) is 2.87. The van der Waals surface area contributed by atoms with Crippen LogP contribution in [0.15, 0.2) is 0 Å². The molecule has 0 aromatic heterocycles. The number of carbonyl (C=O) groups is 2. The summed E-state index contributed by atoms with van der Waals surface area (Å²) in [7, 11) is 1.88. The van der Waals surface area contributed by atoms with E-state index in [1.54, 1.807) is 0 Å². The molecular formula is C16H27N3O2. The van der Waals surface area contributed by atoms with Gasteiger partial charge in [-0.2, -0.15) is 0 Å². The lowest BCUT2D eigenvalue weighted by atomic mass is 9.88. The predicted octanol–water partition coefficient (Wildman–Crippen LogP) is 0.942. The lowest BCUT2D eigenvalue weighted by Crippen LogP contribution is -2.54. The van der Waals surface area contributed by atoms with Crippen LogP contribution in [0.1, 0.15) is 38.5 Å². The predicted molar refractivity (Wildman–Crippen MR) is 80.8 cm³/mol. The van der Waals surface area contributed by atoms with Crippen LogP contribution in [0.4, 0.5) is 0 Å². The second-order valence-electron chi connectivity index (χ2n) is 6.76. The fourth-order valence-corrected chi connectivity index (χ4v) is 4.00. The summed E-state index contributed by atoms with van der Waals surface area (Å²) in [6, 6.07) is 0.0573. The Hall–Kier alpha value is -1.10. The van der Waals surface area contributed by atoms with Gasteiger partial charge < -0.3 is 9.80 Å². The molecule has 1 atom stereocenters. The number of rotatable bonds is 2. The Kier molecular flexibility index (Phi) is 4.48. The van der Waals surface area contributed by atoms with Crippen molar-refractivity contribution in [2.24, 2.45) is 5.92 Å². The fourth-order valence-electron chi connectivity index (χ4n) is 4.00. The maximum Gasteiger partial charge on any atom is 0.239 e. The number of hydrogen-bond donors (Lipinski definition) is 0. The number of carbonyl (C=O) groups excluding carboxylic acids is 2. The summed E-state index contributed by atoms with van der Waals surface area (Å²) in [6.07, 6.45) is 6.79. The van der Waals surface area contributed by atoms with E-state index in [1.165, 1.54) is 19.3 Å². The highest BCUT2D eigenvalue weighted by Gasteiger charge is 2.36. The molecule has 2 heterocycles. The molecule has 2 saturated heterocycles. The number of piperazine rings is 1. The van der Waals surface area contributed by atoms with Gasteiger partial charge in [-0.25, -0.2) is 0 Å². The Labute approximate surface area is 127 Å². The van der Waals surface area contributed by atoms with Crippen LogP contribution >= 0.6 is 0 Å². The zero-order valence-electron chi connectivity index (χ0n) is 13.1. The number of likely N-dealkylation sites (tertiary alicyclic amines) is 1. The molecule has 1 saturated carbocycles. The van der Waals surface area contributed by atoms with E-state index in [1.807, 2.05) is 16.8 Å². The van der Waals surface area contributed by atoms with Gasteiger partial charge in [0.05, 0.1) is 6.04 Å². The second-order valence-corrected chi connectivity index (χ2v) is 6.76. The fraction of sp³-hybridized carbons (Fsp3) is 0.875. The van der Waals surface area contributed by atoms with Crippen LogP contribution < -0.4 is 0 Å². The molecule has 118 valence electrons. The first-order chi connectivity index (χ1) is 10.2. The third kappa shape index (κ3) is 3.07. The van der Waals surface area contributed by atoms with Crippen LogP contribution in [0, 0.1) is 5.92 Å². The summed E-state index contributed by atoms with van der Waals surface area (Å²) < 4.78 is 0. The highest BCUT2D eigenvalue weighted by molar-refractivity contribution is 5.83. The first-order valence-corrected chi connectivity index (χ1v) is 8.44. The summed E-state index contributed by atoms with van der Waals surface area (Å²) in [5.41, 5.74) is 0. The molecule has 0 aromatic carbocycles. The summed E-state index contributed by atoms with van der Waals surface area (Å²) in [4.78, 5) is 30.7. The zero-order chi connectivity index (χ0) is 14.8. The van der Waals surface area contributed by atoms with Gasteiger partial charge in [0.2, 0.25) is 11.8 Å². The van der Waals surface area contributed by atoms with E-state index in [0.29, 0.717) is 5.91 Å². The molecule has 3 aliphatic rings. The van der Waals surface area contributed by atoms with E-state index in [-0.39, 0.29) is 17.9 Å². The van der Waals surface area contributed by atoms with Gasteiger partial charge in [-0.05, 0) is 19.3 Å². The molecule has 0 aromatic rings. The molecule has 1 unspecified atom stereocenters. The van der Waals surface area contributed by atoms with E-state index >= 15 is 0 Å². The summed E-state index contributed by atoms with van der Waals surface area (Å²) >= 11 is 0. The van der Waals surface area contributed by atoms with Crippen LogP contribution in [0.2, 0.25) is 0 Å². The van der Waals surface area contributed by atoms with Crippen molar-refractivity contribution in [2.75, 3.05) is 39.8 Å². The van der Waals surface area contributed by atoms with Crippen molar-refractivity contribution in [3.63, 3.8) is 0 Å². The van der Waals surface area contributed by atoms with Gasteiger partial charge in [0.15, 0.2) is 0 Å².